The molecular weight excluding hydrogens is 342 g/mol. The van der Waals surface area contributed by atoms with Crippen molar-refractivity contribution in [3.8, 4) is 0 Å². The maximum atomic E-state index is 12.7. The Morgan fingerprint density at radius 1 is 0.962 bits per heavy atom. The van der Waals surface area contributed by atoms with Crippen LogP contribution in [0.2, 0.25) is 0 Å². The van der Waals surface area contributed by atoms with E-state index in [1.165, 1.54) is 16.0 Å². The number of piperazine rings is 1. The van der Waals surface area contributed by atoms with E-state index in [2.05, 4.69) is 51.6 Å². The fraction of sp³-hybridized carbons (Fsp3) is 0.476. The summed E-state index contributed by atoms with van der Waals surface area (Å²) in [6.07, 6.45) is 2.13. The van der Waals surface area contributed by atoms with Crippen molar-refractivity contribution >= 4 is 17.2 Å². The van der Waals surface area contributed by atoms with E-state index in [1.807, 2.05) is 16.2 Å². The number of thiophene rings is 1. The second-order valence-corrected chi connectivity index (χ2v) is 8.29. The van der Waals surface area contributed by atoms with Gasteiger partial charge in [-0.15, -0.1) is 11.3 Å². The largest absolute Gasteiger partial charge is 0.337 e. The van der Waals surface area contributed by atoms with Crippen LogP contribution in [0.3, 0.4) is 0 Å². The molecule has 0 bridgehead atoms. The summed E-state index contributed by atoms with van der Waals surface area (Å²) in [4.78, 5) is 21.0. The predicted molar refractivity (Wildman–Crippen MR) is 106 cm³/mol. The molecule has 2 aliphatic rings. The third-order valence-corrected chi connectivity index (χ3v) is 6.57. The molecule has 2 aliphatic heterocycles. The van der Waals surface area contributed by atoms with Crippen LogP contribution in [0, 0.1) is 0 Å². The summed E-state index contributed by atoms with van der Waals surface area (Å²) in [5.41, 5.74) is 2.75. The van der Waals surface area contributed by atoms with Gasteiger partial charge in [-0.05, 0) is 35.4 Å². The van der Waals surface area contributed by atoms with E-state index in [-0.39, 0.29) is 0 Å². The lowest BCUT2D eigenvalue weighted by molar-refractivity contribution is -0.133. The number of nitrogens with zero attached hydrogens (tertiary/aromatic N) is 3. The van der Waals surface area contributed by atoms with Gasteiger partial charge in [0.1, 0.15) is 0 Å². The molecule has 26 heavy (non-hydrogen) atoms. The van der Waals surface area contributed by atoms with E-state index in [1.54, 1.807) is 0 Å². The summed E-state index contributed by atoms with van der Waals surface area (Å²) in [5, 5.41) is 2.15. The molecule has 0 radical (unpaired) electrons. The van der Waals surface area contributed by atoms with E-state index >= 15 is 0 Å². The van der Waals surface area contributed by atoms with E-state index in [0.717, 1.165) is 58.7 Å². The minimum Gasteiger partial charge on any atom is -0.337 e. The Labute approximate surface area is 160 Å². The van der Waals surface area contributed by atoms with E-state index in [0.29, 0.717) is 12.5 Å². The quantitative estimate of drug-likeness (QED) is 0.810. The van der Waals surface area contributed by atoms with Crippen LogP contribution < -0.4 is 0 Å². The maximum absolute atomic E-state index is 12.7. The second kappa shape index (κ2) is 8.33. The highest BCUT2D eigenvalue weighted by atomic mass is 32.1. The van der Waals surface area contributed by atoms with Gasteiger partial charge in [-0.3, -0.25) is 9.69 Å². The van der Waals surface area contributed by atoms with Crippen molar-refractivity contribution in [2.24, 2.45) is 0 Å². The Kier molecular flexibility index (Phi) is 5.68. The van der Waals surface area contributed by atoms with Crippen molar-refractivity contribution in [1.29, 1.82) is 0 Å². The first-order chi connectivity index (χ1) is 12.8. The summed E-state index contributed by atoms with van der Waals surface area (Å²) in [5.74, 6) is 0.291. The van der Waals surface area contributed by atoms with Crippen LogP contribution in [0.15, 0.2) is 41.8 Å². The van der Waals surface area contributed by atoms with Crippen molar-refractivity contribution < 1.29 is 4.79 Å². The van der Waals surface area contributed by atoms with Crippen LogP contribution in [-0.4, -0.2) is 66.4 Å². The molecule has 1 amide bonds. The molecule has 0 spiro atoms. The Morgan fingerprint density at radius 2 is 1.73 bits per heavy atom. The Morgan fingerprint density at radius 3 is 2.54 bits per heavy atom. The molecule has 3 heterocycles. The fourth-order valence-electron chi connectivity index (χ4n) is 3.86. The maximum Gasteiger partial charge on any atom is 0.237 e. The van der Waals surface area contributed by atoms with Gasteiger partial charge in [0.2, 0.25) is 5.91 Å². The van der Waals surface area contributed by atoms with Crippen LogP contribution >= 0.6 is 11.3 Å². The van der Waals surface area contributed by atoms with Gasteiger partial charge in [0.05, 0.1) is 6.54 Å². The molecule has 2 aromatic rings. The van der Waals surface area contributed by atoms with Gasteiger partial charge in [0.15, 0.2) is 0 Å². The topological polar surface area (TPSA) is 26.8 Å². The average molecular weight is 370 g/mol. The van der Waals surface area contributed by atoms with Gasteiger partial charge in [0, 0.05) is 50.7 Å². The Hall–Kier alpha value is -1.69. The molecule has 1 saturated heterocycles. The Bertz CT molecular complexity index is 722. The highest BCUT2D eigenvalue weighted by Gasteiger charge is 2.24. The number of hydrogen-bond donors (Lipinski definition) is 0. The van der Waals surface area contributed by atoms with Crippen molar-refractivity contribution in [2.45, 2.75) is 19.4 Å². The van der Waals surface area contributed by atoms with Gasteiger partial charge in [0.25, 0.3) is 0 Å². The van der Waals surface area contributed by atoms with Crippen molar-refractivity contribution in [1.82, 2.24) is 14.7 Å². The molecule has 0 N–H and O–H groups in total. The standard InChI is InChI=1S/C21H27N3OS/c25-21(24-10-7-20-19(16-24)8-15-26-20)17-23-13-11-22(12-14-23)9-6-18-4-2-1-3-5-18/h1-5,8,15H,6-7,9-14,16-17H2. The molecule has 5 heteroatoms. The van der Waals surface area contributed by atoms with Gasteiger partial charge in [-0.2, -0.15) is 0 Å². The van der Waals surface area contributed by atoms with Crippen molar-refractivity contribution in [2.75, 3.05) is 45.8 Å². The molecule has 4 nitrogen and oxygen atoms in total. The van der Waals surface area contributed by atoms with Crippen molar-refractivity contribution in [3.05, 3.63) is 57.8 Å². The number of benzene rings is 1. The van der Waals surface area contributed by atoms with Gasteiger partial charge < -0.3 is 9.80 Å². The number of carbonyl (C=O) groups excluding carboxylic acids is 1. The molecule has 1 aromatic heterocycles. The van der Waals surface area contributed by atoms with Gasteiger partial charge >= 0.3 is 0 Å². The van der Waals surface area contributed by atoms with Crippen LogP contribution in [0.25, 0.3) is 0 Å². The average Bonchev–Trinajstić information content (AvgIpc) is 3.16. The molecule has 0 unspecified atom stereocenters. The minimum atomic E-state index is 0.291. The number of amides is 1. The molecule has 1 aromatic carbocycles. The first-order valence-electron chi connectivity index (χ1n) is 9.59. The zero-order valence-corrected chi connectivity index (χ0v) is 16.1. The lowest BCUT2D eigenvalue weighted by Crippen LogP contribution is -2.50. The summed E-state index contributed by atoms with van der Waals surface area (Å²) >= 11 is 1.82. The number of rotatable bonds is 5. The highest BCUT2D eigenvalue weighted by molar-refractivity contribution is 7.10. The van der Waals surface area contributed by atoms with E-state index in [9.17, 15) is 4.79 Å². The third-order valence-electron chi connectivity index (χ3n) is 5.54. The molecule has 4 rings (SSSR count). The van der Waals surface area contributed by atoms with Crippen LogP contribution in [0.5, 0.6) is 0 Å². The van der Waals surface area contributed by atoms with E-state index in [4.69, 9.17) is 0 Å². The first kappa shape index (κ1) is 17.7. The lowest BCUT2D eigenvalue weighted by atomic mass is 10.1. The monoisotopic (exact) mass is 369 g/mol. The summed E-state index contributed by atoms with van der Waals surface area (Å²) in [7, 11) is 0. The predicted octanol–water partition coefficient (Wildman–Crippen LogP) is 2.49. The summed E-state index contributed by atoms with van der Waals surface area (Å²) in [6, 6.07) is 12.9. The molecular formula is C21H27N3OS. The summed E-state index contributed by atoms with van der Waals surface area (Å²) < 4.78 is 0. The Balaban J connectivity index is 1.20. The molecule has 0 aliphatic carbocycles. The molecule has 0 atom stereocenters. The lowest BCUT2D eigenvalue weighted by Gasteiger charge is -2.36. The van der Waals surface area contributed by atoms with Crippen LogP contribution in [0.4, 0.5) is 0 Å². The van der Waals surface area contributed by atoms with E-state index < -0.39 is 0 Å². The number of fused-ring (bicyclic) bond motifs is 1. The van der Waals surface area contributed by atoms with Gasteiger partial charge in [-0.25, -0.2) is 0 Å². The molecule has 0 saturated carbocycles. The second-order valence-electron chi connectivity index (χ2n) is 7.29. The highest BCUT2D eigenvalue weighted by Crippen LogP contribution is 2.24. The van der Waals surface area contributed by atoms with Crippen LogP contribution in [0.1, 0.15) is 16.0 Å². The van der Waals surface area contributed by atoms with Crippen LogP contribution in [-0.2, 0) is 24.2 Å². The molecule has 138 valence electrons. The summed E-state index contributed by atoms with van der Waals surface area (Å²) in [6.45, 7) is 7.49. The number of carbonyl (C=O) groups is 1. The SMILES string of the molecule is O=C(CN1CCN(CCc2ccccc2)CC1)N1CCc2sccc2C1. The zero-order valence-electron chi connectivity index (χ0n) is 15.3. The first-order valence-corrected chi connectivity index (χ1v) is 10.5. The smallest absolute Gasteiger partial charge is 0.237 e. The molecule has 1 fully saturated rings. The third kappa shape index (κ3) is 4.34. The zero-order chi connectivity index (χ0) is 17.8. The van der Waals surface area contributed by atoms with Crippen molar-refractivity contribution in [3.63, 3.8) is 0 Å². The number of hydrogen-bond acceptors (Lipinski definition) is 4. The van der Waals surface area contributed by atoms with Gasteiger partial charge in [-0.1, -0.05) is 30.3 Å². The minimum absolute atomic E-state index is 0.291. The fourth-order valence-corrected chi connectivity index (χ4v) is 4.75. The normalized spacial score (nSPS) is 18.7.